The highest BCUT2D eigenvalue weighted by Crippen LogP contribution is 2.18. The lowest BCUT2D eigenvalue weighted by molar-refractivity contribution is -0.118. The van der Waals surface area contributed by atoms with Crippen LogP contribution in [0.5, 0.6) is 0 Å². The van der Waals surface area contributed by atoms with Crippen molar-refractivity contribution < 1.29 is 21.6 Å². The minimum atomic E-state index is -3.92. The van der Waals surface area contributed by atoms with Crippen molar-refractivity contribution in [1.29, 1.82) is 0 Å². The molecule has 0 fully saturated rings. The molecule has 1 amide bonds. The number of carbonyl (C=O) groups excluding carboxylic acids is 1. The normalized spacial score (nSPS) is 13.3. The summed E-state index contributed by atoms with van der Waals surface area (Å²) in [5, 5.41) is 2.58. The van der Waals surface area contributed by atoms with Crippen LogP contribution in [0.25, 0.3) is 0 Å². The average Bonchev–Trinajstić information content (AvgIpc) is 2.59. The number of nitrogens with one attached hydrogen (secondary N) is 2. The fraction of sp³-hybridized carbons (Fsp3) is 0.278. The molecule has 1 atom stereocenters. The smallest absolute Gasteiger partial charge is 0.242 e. The SMILES string of the molecule is CC(C)[C@H](NS(=O)(=O)c1ccc(Br)cc1)C(=O)Nc1cccc(S(C)(=O)=O)c1. The molecule has 0 radical (unpaired) electrons. The monoisotopic (exact) mass is 488 g/mol. The number of hydrogen-bond acceptors (Lipinski definition) is 5. The molecule has 0 bridgehead atoms. The van der Waals surface area contributed by atoms with E-state index in [0.29, 0.717) is 0 Å². The van der Waals surface area contributed by atoms with Crippen LogP contribution in [-0.4, -0.2) is 35.0 Å². The van der Waals surface area contributed by atoms with Crippen LogP contribution in [0, 0.1) is 5.92 Å². The minimum absolute atomic E-state index is 0.0354. The predicted octanol–water partition coefficient (Wildman–Crippen LogP) is 2.79. The second kappa shape index (κ2) is 8.73. The number of sulfonamides is 1. The van der Waals surface area contributed by atoms with Gasteiger partial charge in [-0.1, -0.05) is 35.8 Å². The van der Waals surface area contributed by atoms with Crippen LogP contribution in [-0.2, 0) is 24.7 Å². The van der Waals surface area contributed by atoms with Gasteiger partial charge >= 0.3 is 0 Å². The Morgan fingerprint density at radius 2 is 1.57 bits per heavy atom. The van der Waals surface area contributed by atoms with Gasteiger partial charge in [0.05, 0.1) is 9.79 Å². The van der Waals surface area contributed by atoms with Gasteiger partial charge in [-0.25, -0.2) is 16.8 Å². The fourth-order valence-electron chi connectivity index (χ4n) is 2.37. The first kappa shape index (κ1) is 22.5. The van der Waals surface area contributed by atoms with Crippen LogP contribution >= 0.6 is 15.9 Å². The molecule has 0 unspecified atom stereocenters. The van der Waals surface area contributed by atoms with E-state index < -0.39 is 31.8 Å². The first-order valence-corrected chi connectivity index (χ1v) is 12.5. The molecule has 0 saturated heterocycles. The van der Waals surface area contributed by atoms with Crippen LogP contribution < -0.4 is 10.0 Å². The van der Waals surface area contributed by atoms with Crippen molar-refractivity contribution in [3.63, 3.8) is 0 Å². The van der Waals surface area contributed by atoms with E-state index in [1.54, 1.807) is 26.0 Å². The van der Waals surface area contributed by atoms with Gasteiger partial charge in [-0.2, -0.15) is 4.72 Å². The largest absolute Gasteiger partial charge is 0.325 e. The molecule has 10 heteroatoms. The summed E-state index contributed by atoms with van der Waals surface area (Å²) in [5.74, 6) is -0.926. The van der Waals surface area contributed by atoms with E-state index in [9.17, 15) is 21.6 Å². The van der Waals surface area contributed by atoms with Gasteiger partial charge < -0.3 is 5.32 Å². The van der Waals surface area contributed by atoms with E-state index in [1.165, 1.54) is 36.4 Å². The number of rotatable bonds is 7. The maximum absolute atomic E-state index is 12.7. The lowest BCUT2D eigenvalue weighted by Gasteiger charge is -2.22. The van der Waals surface area contributed by atoms with Crippen LogP contribution in [0.2, 0.25) is 0 Å². The van der Waals surface area contributed by atoms with Crippen LogP contribution in [0.4, 0.5) is 5.69 Å². The molecule has 152 valence electrons. The summed E-state index contributed by atoms with van der Waals surface area (Å²) in [4.78, 5) is 12.8. The molecular weight excluding hydrogens is 468 g/mol. The van der Waals surface area contributed by atoms with E-state index in [1.807, 2.05) is 0 Å². The summed E-state index contributed by atoms with van der Waals surface area (Å²) >= 11 is 3.24. The summed E-state index contributed by atoms with van der Waals surface area (Å²) < 4.78 is 51.7. The number of amides is 1. The van der Waals surface area contributed by atoms with Crippen molar-refractivity contribution in [2.45, 2.75) is 29.7 Å². The quantitative estimate of drug-likeness (QED) is 0.622. The van der Waals surface area contributed by atoms with Gasteiger partial charge in [-0.05, 0) is 48.4 Å². The van der Waals surface area contributed by atoms with Gasteiger partial charge in [-0.3, -0.25) is 4.79 Å². The highest BCUT2D eigenvalue weighted by atomic mass is 79.9. The number of benzene rings is 2. The van der Waals surface area contributed by atoms with Crippen molar-refractivity contribution >= 4 is 47.4 Å². The van der Waals surface area contributed by atoms with Gasteiger partial charge in [0, 0.05) is 16.4 Å². The Bertz CT molecular complexity index is 1070. The Labute approximate surface area is 173 Å². The Balaban J connectivity index is 2.24. The molecule has 7 nitrogen and oxygen atoms in total. The Morgan fingerprint density at radius 3 is 2.11 bits per heavy atom. The maximum atomic E-state index is 12.7. The summed E-state index contributed by atoms with van der Waals surface area (Å²) in [6.45, 7) is 3.42. The van der Waals surface area contributed by atoms with Crippen molar-refractivity contribution in [2.24, 2.45) is 5.92 Å². The van der Waals surface area contributed by atoms with Crippen LogP contribution in [0.15, 0.2) is 62.8 Å². The molecule has 0 saturated carbocycles. The zero-order valence-corrected chi connectivity index (χ0v) is 18.7. The predicted molar refractivity (Wildman–Crippen MR) is 111 cm³/mol. The molecule has 28 heavy (non-hydrogen) atoms. The van der Waals surface area contributed by atoms with E-state index >= 15 is 0 Å². The molecule has 0 spiro atoms. The first-order chi connectivity index (χ1) is 12.9. The zero-order valence-electron chi connectivity index (χ0n) is 15.5. The van der Waals surface area contributed by atoms with Gasteiger partial charge in [0.15, 0.2) is 9.84 Å². The van der Waals surface area contributed by atoms with Crippen molar-refractivity contribution in [1.82, 2.24) is 4.72 Å². The number of sulfone groups is 1. The van der Waals surface area contributed by atoms with Crippen LogP contribution in [0.3, 0.4) is 0 Å². The first-order valence-electron chi connectivity index (χ1n) is 8.29. The van der Waals surface area contributed by atoms with Crippen molar-refractivity contribution in [3.8, 4) is 0 Å². The van der Waals surface area contributed by atoms with E-state index in [4.69, 9.17) is 0 Å². The van der Waals surface area contributed by atoms with Crippen molar-refractivity contribution in [2.75, 3.05) is 11.6 Å². The summed E-state index contributed by atoms with van der Waals surface area (Å²) in [6, 6.07) is 10.8. The molecule has 0 aliphatic carbocycles. The summed E-state index contributed by atoms with van der Waals surface area (Å²) in [6.07, 6.45) is 1.07. The zero-order chi connectivity index (χ0) is 21.1. The number of hydrogen-bond donors (Lipinski definition) is 2. The lowest BCUT2D eigenvalue weighted by atomic mass is 10.0. The Hall–Kier alpha value is -1.75. The molecule has 0 aliphatic rings. The number of anilines is 1. The van der Waals surface area contributed by atoms with E-state index in [2.05, 4.69) is 26.0 Å². The highest BCUT2D eigenvalue weighted by molar-refractivity contribution is 9.10. The van der Waals surface area contributed by atoms with E-state index in [-0.39, 0.29) is 21.4 Å². The molecule has 0 aromatic heterocycles. The summed E-state index contributed by atoms with van der Waals surface area (Å²) in [7, 11) is -7.35. The third kappa shape index (κ3) is 5.87. The van der Waals surface area contributed by atoms with Crippen LogP contribution in [0.1, 0.15) is 13.8 Å². The maximum Gasteiger partial charge on any atom is 0.242 e. The lowest BCUT2D eigenvalue weighted by Crippen LogP contribution is -2.47. The molecule has 2 aromatic carbocycles. The summed E-state index contributed by atoms with van der Waals surface area (Å²) in [5.41, 5.74) is 0.265. The second-order valence-corrected chi connectivity index (χ2v) is 11.2. The number of halogens is 1. The Morgan fingerprint density at radius 1 is 0.964 bits per heavy atom. The third-order valence-corrected chi connectivity index (χ3v) is 6.98. The standard InChI is InChI=1S/C18H21BrN2O5S2/c1-12(2)17(21-28(25,26)15-9-7-13(19)8-10-15)18(22)20-14-5-4-6-16(11-14)27(3,23)24/h4-12,17,21H,1-3H3,(H,20,22)/t17-/m0/s1. The number of carbonyl (C=O) groups is 1. The molecule has 2 N–H and O–H groups in total. The highest BCUT2D eigenvalue weighted by Gasteiger charge is 2.28. The molecule has 0 heterocycles. The Kier molecular flexibility index (Phi) is 7.02. The van der Waals surface area contributed by atoms with Gasteiger partial charge in [0.2, 0.25) is 15.9 Å². The van der Waals surface area contributed by atoms with Gasteiger partial charge in [-0.15, -0.1) is 0 Å². The molecule has 2 aromatic rings. The molecular formula is C18H21BrN2O5S2. The molecule has 0 aliphatic heterocycles. The fourth-order valence-corrected chi connectivity index (χ4v) is 4.64. The van der Waals surface area contributed by atoms with Crippen molar-refractivity contribution in [3.05, 3.63) is 53.0 Å². The third-order valence-electron chi connectivity index (χ3n) is 3.88. The second-order valence-electron chi connectivity index (χ2n) is 6.59. The molecule has 2 rings (SSSR count). The van der Waals surface area contributed by atoms with Gasteiger partial charge in [0.1, 0.15) is 6.04 Å². The van der Waals surface area contributed by atoms with Gasteiger partial charge in [0.25, 0.3) is 0 Å². The topological polar surface area (TPSA) is 109 Å². The minimum Gasteiger partial charge on any atom is -0.325 e. The average molecular weight is 489 g/mol. The van der Waals surface area contributed by atoms with E-state index in [0.717, 1.165) is 10.7 Å².